The van der Waals surface area contributed by atoms with E-state index < -0.39 is 18.2 Å². The van der Waals surface area contributed by atoms with Crippen molar-refractivity contribution in [3.8, 4) is 0 Å². The number of hydrogen-bond donors (Lipinski definition) is 2. The highest BCUT2D eigenvalue weighted by atomic mass is 16.5. The van der Waals surface area contributed by atoms with Gasteiger partial charge in [0.25, 0.3) is 0 Å². The van der Waals surface area contributed by atoms with Crippen LogP contribution in [0.3, 0.4) is 0 Å². The Kier molecular flexibility index (Phi) is 7.72. The van der Waals surface area contributed by atoms with Gasteiger partial charge in [0, 0.05) is 24.5 Å². The maximum Gasteiger partial charge on any atom is 0.302 e. The molecule has 1 amide bonds. The third-order valence-electron chi connectivity index (χ3n) is 11.6. The molecule has 204 valence electrons. The van der Waals surface area contributed by atoms with Crippen LogP contribution in [0.25, 0.3) is 0 Å². The molecule has 0 heterocycles. The number of fused-ring (bicyclic) bond motifs is 5. The van der Waals surface area contributed by atoms with Crippen molar-refractivity contribution in [1.82, 2.24) is 10.2 Å². The van der Waals surface area contributed by atoms with Crippen LogP contribution >= 0.6 is 0 Å². The Hall–Kier alpha value is -1.40. The number of amides is 1. The van der Waals surface area contributed by atoms with Crippen molar-refractivity contribution in [3.63, 3.8) is 0 Å². The summed E-state index contributed by atoms with van der Waals surface area (Å²) in [6.07, 6.45) is 8.34. The zero-order chi connectivity index (χ0) is 26.6. The summed E-state index contributed by atoms with van der Waals surface area (Å²) in [5.41, 5.74) is 0.874. The second kappa shape index (κ2) is 10.1. The molecule has 36 heavy (non-hydrogen) atoms. The lowest BCUT2D eigenvalue weighted by atomic mass is 9.43. The van der Waals surface area contributed by atoms with E-state index in [9.17, 15) is 14.7 Å². The van der Waals surface area contributed by atoms with Crippen LogP contribution in [0.5, 0.6) is 0 Å². The Labute approximate surface area is 218 Å². The fourth-order valence-electron chi connectivity index (χ4n) is 9.49. The molecular formula is C30H50N2O4. The summed E-state index contributed by atoms with van der Waals surface area (Å²) < 4.78 is 5.95. The number of esters is 1. The van der Waals surface area contributed by atoms with Gasteiger partial charge in [-0.15, -0.1) is 0 Å². The maximum atomic E-state index is 12.7. The maximum absolute atomic E-state index is 12.7. The molecule has 6 nitrogen and oxygen atoms in total. The molecule has 0 spiro atoms. The summed E-state index contributed by atoms with van der Waals surface area (Å²) in [7, 11) is 4.43. The Morgan fingerprint density at radius 1 is 1.03 bits per heavy atom. The van der Waals surface area contributed by atoms with Gasteiger partial charge in [-0.25, -0.2) is 0 Å². The van der Waals surface area contributed by atoms with Crippen LogP contribution in [0.15, 0.2) is 11.6 Å². The zero-order valence-corrected chi connectivity index (χ0v) is 23.8. The number of ether oxygens (including phenoxy) is 1. The summed E-state index contributed by atoms with van der Waals surface area (Å²) >= 11 is 0. The molecule has 0 unspecified atom stereocenters. The first kappa shape index (κ1) is 27.6. The third-order valence-corrected chi connectivity index (χ3v) is 11.6. The molecule has 4 aliphatic carbocycles. The molecule has 0 bridgehead atoms. The summed E-state index contributed by atoms with van der Waals surface area (Å²) in [4.78, 5) is 27.4. The van der Waals surface area contributed by atoms with E-state index in [1.165, 1.54) is 32.6 Å². The van der Waals surface area contributed by atoms with Gasteiger partial charge in [-0.2, -0.15) is 0 Å². The molecule has 4 saturated carbocycles. The third kappa shape index (κ3) is 4.44. The number of hydrogen-bond acceptors (Lipinski definition) is 5. The Morgan fingerprint density at radius 3 is 2.28 bits per heavy atom. The molecule has 0 radical (unpaired) electrons. The van der Waals surface area contributed by atoms with Crippen molar-refractivity contribution < 1.29 is 19.4 Å². The van der Waals surface area contributed by atoms with Crippen LogP contribution in [0, 0.1) is 40.4 Å². The summed E-state index contributed by atoms with van der Waals surface area (Å²) in [5.74, 6) is 2.23. The topological polar surface area (TPSA) is 78.9 Å². The minimum Gasteiger partial charge on any atom is -0.460 e. The van der Waals surface area contributed by atoms with E-state index in [1.54, 1.807) is 13.0 Å². The molecule has 6 heteroatoms. The van der Waals surface area contributed by atoms with Crippen molar-refractivity contribution in [2.45, 2.75) is 111 Å². The lowest BCUT2D eigenvalue weighted by Crippen LogP contribution is -2.66. The van der Waals surface area contributed by atoms with Crippen molar-refractivity contribution in [2.24, 2.45) is 40.4 Å². The van der Waals surface area contributed by atoms with E-state index >= 15 is 0 Å². The quantitative estimate of drug-likeness (QED) is 0.426. The van der Waals surface area contributed by atoms with Gasteiger partial charge in [0.1, 0.15) is 6.10 Å². The SMILES string of the molecule is C/C=C(\C)C(=O)N[C@@H]1[C@H](OC(C)=O)[C@@H]2CC[C@H]3[C@H]4CC[C@H]([C@H](C)N(C)C)[C@@]4(C)CC[C@@H]3[C@@]2(C)C[C@H]1O. The molecule has 4 rings (SSSR count). The first-order valence-corrected chi connectivity index (χ1v) is 14.3. The number of aliphatic hydroxyl groups excluding tert-OH is 1. The van der Waals surface area contributed by atoms with Crippen LogP contribution in [-0.4, -0.2) is 60.3 Å². The van der Waals surface area contributed by atoms with Gasteiger partial charge in [-0.1, -0.05) is 19.9 Å². The fraction of sp³-hybridized carbons (Fsp3) is 0.867. The fourth-order valence-corrected chi connectivity index (χ4v) is 9.49. The summed E-state index contributed by atoms with van der Waals surface area (Å²) in [6.45, 7) is 12.3. The predicted molar refractivity (Wildman–Crippen MR) is 142 cm³/mol. The lowest BCUT2D eigenvalue weighted by Gasteiger charge is -2.63. The van der Waals surface area contributed by atoms with E-state index in [1.807, 2.05) is 6.92 Å². The van der Waals surface area contributed by atoms with Crippen LogP contribution in [-0.2, 0) is 14.3 Å². The van der Waals surface area contributed by atoms with E-state index in [-0.39, 0.29) is 23.2 Å². The Bertz CT molecular complexity index is 886. The van der Waals surface area contributed by atoms with E-state index in [0.29, 0.717) is 35.3 Å². The van der Waals surface area contributed by atoms with Gasteiger partial charge >= 0.3 is 5.97 Å². The second-order valence-corrected chi connectivity index (χ2v) is 13.3. The van der Waals surface area contributed by atoms with Crippen LogP contribution < -0.4 is 5.32 Å². The summed E-state index contributed by atoms with van der Waals surface area (Å²) in [5, 5.41) is 14.5. The van der Waals surface area contributed by atoms with Crippen molar-refractivity contribution >= 4 is 11.9 Å². The number of carbonyl (C=O) groups is 2. The molecule has 0 aliphatic heterocycles. The highest BCUT2D eigenvalue weighted by Crippen LogP contribution is 2.68. The number of allylic oxidation sites excluding steroid dienone is 1. The van der Waals surface area contributed by atoms with Gasteiger partial charge in [0.2, 0.25) is 5.91 Å². The molecule has 0 aromatic heterocycles. The van der Waals surface area contributed by atoms with E-state index in [4.69, 9.17) is 4.74 Å². The molecule has 4 aliphatic rings. The highest BCUT2D eigenvalue weighted by molar-refractivity contribution is 5.93. The van der Waals surface area contributed by atoms with Crippen LogP contribution in [0.4, 0.5) is 0 Å². The van der Waals surface area contributed by atoms with Crippen molar-refractivity contribution in [3.05, 3.63) is 11.6 Å². The molecule has 0 aromatic carbocycles. The Morgan fingerprint density at radius 2 is 1.67 bits per heavy atom. The molecule has 0 aromatic rings. The number of aliphatic hydroxyl groups is 1. The number of nitrogens with zero attached hydrogens (tertiary/aromatic N) is 1. The van der Waals surface area contributed by atoms with E-state index in [0.717, 1.165) is 24.7 Å². The largest absolute Gasteiger partial charge is 0.460 e. The van der Waals surface area contributed by atoms with E-state index in [2.05, 4.69) is 45.1 Å². The van der Waals surface area contributed by atoms with Crippen LogP contribution in [0.2, 0.25) is 0 Å². The molecule has 0 saturated heterocycles. The first-order chi connectivity index (χ1) is 16.8. The molecule has 2 N–H and O–H groups in total. The number of rotatable bonds is 5. The monoisotopic (exact) mass is 502 g/mol. The van der Waals surface area contributed by atoms with Crippen molar-refractivity contribution in [1.29, 1.82) is 0 Å². The first-order valence-electron chi connectivity index (χ1n) is 14.3. The second-order valence-electron chi connectivity index (χ2n) is 13.3. The lowest BCUT2D eigenvalue weighted by molar-refractivity contribution is -0.197. The average Bonchev–Trinajstić information content (AvgIpc) is 3.16. The summed E-state index contributed by atoms with van der Waals surface area (Å²) in [6, 6.07) is 0.00917. The highest BCUT2D eigenvalue weighted by Gasteiger charge is 2.64. The smallest absolute Gasteiger partial charge is 0.302 e. The normalized spacial score (nSPS) is 45.3. The van der Waals surface area contributed by atoms with Gasteiger partial charge in [-0.05, 0) is 114 Å². The Balaban J connectivity index is 1.61. The van der Waals surface area contributed by atoms with Crippen LogP contribution in [0.1, 0.15) is 86.5 Å². The minimum atomic E-state index is -0.735. The molecular weight excluding hydrogens is 452 g/mol. The average molecular weight is 503 g/mol. The van der Waals surface area contributed by atoms with Gasteiger partial charge in [-0.3, -0.25) is 9.59 Å². The molecule has 4 fully saturated rings. The number of nitrogens with one attached hydrogen (secondary N) is 1. The van der Waals surface area contributed by atoms with Gasteiger partial charge in [0.05, 0.1) is 12.1 Å². The van der Waals surface area contributed by atoms with Gasteiger partial charge < -0.3 is 20.1 Å². The number of carbonyl (C=O) groups excluding carboxylic acids is 2. The van der Waals surface area contributed by atoms with Gasteiger partial charge in [0.15, 0.2) is 0 Å². The van der Waals surface area contributed by atoms with Crippen molar-refractivity contribution in [2.75, 3.05) is 14.1 Å². The minimum absolute atomic E-state index is 0.105. The standard InChI is InChI=1S/C30H50N2O4/c1-9-17(2)28(35)31-26-25(34)16-30(6)23-14-15-29(5)21(18(3)32(7)8)12-13-22(29)20(23)10-11-24(30)27(26)36-19(4)33/h9,18,20-27,34H,10-16H2,1-8H3,(H,31,35)/b17-9+/t18-,20-,21+,22+,23-,24-,25+,26-,27+,29+,30+/m0/s1. The predicted octanol–water partition coefficient (Wildman–Crippen LogP) is 4.56. The zero-order valence-electron chi connectivity index (χ0n) is 23.8. The molecule has 11 atom stereocenters.